The lowest BCUT2D eigenvalue weighted by Crippen LogP contribution is -2.36. The van der Waals surface area contributed by atoms with Crippen molar-refractivity contribution in [3.05, 3.63) is 34.6 Å². The zero-order valence-electron chi connectivity index (χ0n) is 10.5. The quantitative estimate of drug-likeness (QED) is 0.865. The maximum absolute atomic E-state index is 13.0. The van der Waals surface area contributed by atoms with Crippen LogP contribution in [0.3, 0.4) is 0 Å². The second kappa shape index (κ2) is 6.71. The van der Waals surface area contributed by atoms with Gasteiger partial charge in [-0.25, -0.2) is 4.39 Å². The van der Waals surface area contributed by atoms with E-state index in [1.807, 2.05) is 18.7 Å². The van der Waals surface area contributed by atoms with E-state index in [2.05, 4.69) is 0 Å². The topological polar surface area (TPSA) is 40.5 Å². The van der Waals surface area contributed by atoms with Crippen LogP contribution in [-0.2, 0) is 11.3 Å². The number of hydrogen-bond acceptors (Lipinski definition) is 2. The second-order valence-electron chi connectivity index (χ2n) is 4.30. The normalized spacial score (nSPS) is 12.7. The number of halogens is 2. The van der Waals surface area contributed by atoms with E-state index in [4.69, 9.17) is 16.7 Å². The second-order valence-corrected chi connectivity index (χ2v) is 4.71. The molecule has 1 N–H and O–H groups in total. The van der Waals surface area contributed by atoms with Crippen molar-refractivity contribution >= 4 is 17.6 Å². The molecule has 1 unspecified atom stereocenters. The first-order chi connectivity index (χ1) is 8.43. The van der Waals surface area contributed by atoms with Gasteiger partial charge in [-0.3, -0.25) is 9.69 Å². The molecule has 0 aliphatic carbocycles. The van der Waals surface area contributed by atoms with Crippen molar-refractivity contribution in [3.8, 4) is 0 Å². The van der Waals surface area contributed by atoms with Gasteiger partial charge in [0.15, 0.2) is 0 Å². The van der Waals surface area contributed by atoms with Crippen molar-refractivity contribution in [2.45, 2.75) is 32.9 Å². The number of benzene rings is 1. The van der Waals surface area contributed by atoms with E-state index in [1.54, 1.807) is 6.07 Å². The standard InChI is InChI=1S/C13H17ClFNO2/c1-3-9(2)16(8-13(17)18)7-10-4-5-12(15)11(14)6-10/h4-6,9H,3,7-8H2,1-2H3,(H,17,18). The fourth-order valence-electron chi connectivity index (χ4n) is 1.67. The molecule has 0 bridgehead atoms. The Labute approximate surface area is 111 Å². The van der Waals surface area contributed by atoms with E-state index in [0.29, 0.717) is 6.54 Å². The minimum absolute atomic E-state index is 0.0377. The highest BCUT2D eigenvalue weighted by atomic mass is 35.5. The molecule has 1 atom stereocenters. The molecule has 0 aromatic heterocycles. The van der Waals surface area contributed by atoms with Crippen LogP contribution in [0.1, 0.15) is 25.8 Å². The largest absolute Gasteiger partial charge is 0.480 e. The average Bonchev–Trinajstić information content (AvgIpc) is 2.31. The van der Waals surface area contributed by atoms with Gasteiger partial charge in [0.25, 0.3) is 0 Å². The molecular formula is C13H17ClFNO2. The minimum atomic E-state index is -0.872. The van der Waals surface area contributed by atoms with Crippen LogP contribution >= 0.6 is 11.6 Å². The maximum Gasteiger partial charge on any atom is 0.317 e. The number of carboxylic acid groups (broad SMARTS) is 1. The molecule has 1 aromatic carbocycles. The minimum Gasteiger partial charge on any atom is -0.480 e. The Bertz CT molecular complexity index is 425. The number of nitrogens with zero attached hydrogens (tertiary/aromatic N) is 1. The van der Waals surface area contributed by atoms with Gasteiger partial charge >= 0.3 is 5.97 Å². The fourth-order valence-corrected chi connectivity index (χ4v) is 1.88. The number of aliphatic carboxylic acids is 1. The van der Waals surface area contributed by atoms with Crippen molar-refractivity contribution in [3.63, 3.8) is 0 Å². The highest BCUT2D eigenvalue weighted by Gasteiger charge is 2.16. The van der Waals surface area contributed by atoms with Crippen molar-refractivity contribution in [1.29, 1.82) is 0 Å². The molecule has 100 valence electrons. The molecule has 3 nitrogen and oxygen atoms in total. The fraction of sp³-hybridized carbons (Fsp3) is 0.462. The van der Waals surface area contributed by atoms with E-state index >= 15 is 0 Å². The molecule has 1 rings (SSSR count). The van der Waals surface area contributed by atoms with Gasteiger partial charge in [-0.2, -0.15) is 0 Å². The van der Waals surface area contributed by atoms with E-state index in [9.17, 15) is 9.18 Å². The average molecular weight is 274 g/mol. The summed E-state index contributed by atoms with van der Waals surface area (Å²) in [6.07, 6.45) is 0.849. The summed E-state index contributed by atoms with van der Waals surface area (Å²) in [5, 5.41) is 8.94. The summed E-state index contributed by atoms with van der Waals surface area (Å²) in [5.74, 6) is -1.34. The summed E-state index contributed by atoms with van der Waals surface area (Å²) in [6.45, 7) is 4.37. The molecule has 0 saturated carbocycles. The Balaban J connectivity index is 2.81. The molecule has 0 heterocycles. The van der Waals surface area contributed by atoms with Crippen LogP contribution in [0, 0.1) is 5.82 Å². The summed E-state index contributed by atoms with van der Waals surface area (Å²) in [5.41, 5.74) is 0.808. The van der Waals surface area contributed by atoms with Gasteiger partial charge in [-0.1, -0.05) is 24.6 Å². The third kappa shape index (κ3) is 4.27. The lowest BCUT2D eigenvalue weighted by molar-refractivity contribution is -0.139. The number of carbonyl (C=O) groups is 1. The Morgan fingerprint density at radius 3 is 2.72 bits per heavy atom. The SMILES string of the molecule is CCC(C)N(CC(=O)O)Cc1ccc(F)c(Cl)c1. The summed E-state index contributed by atoms with van der Waals surface area (Å²) < 4.78 is 13.0. The Kier molecular flexibility index (Phi) is 5.56. The van der Waals surface area contributed by atoms with Crippen molar-refractivity contribution in [2.75, 3.05) is 6.54 Å². The third-order valence-corrected chi connectivity index (χ3v) is 3.21. The van der Waals surface area contributed by atoms with Gasteiger partial charge in [-0.05, 0) is 31.0 Å². The maximum atomic E-state index is 13.0. The summed E-state index contributed by atoms with van der Waals surface area (Å²) >= 11 is 5.71. The van der Waals surface area contributed by atoms with Crippen molar-refractivity contribution in [2.24, 2.45) is 0 Å². The predicted octanol–water partition coefficient (Wildman–Crippen LogP) is 3.16. The molecule has 1 aromatic rings. The van der Waals surface area contributed by atoms with E-state index in [0.717, 1.165) is 12.0 Å². The van der Waals surface area contributed by atoms with E-state index < -0.39 is 11.8 Å². The summed E-state index contributed by atoms with van der Waals surface area (Å²) in [7, 11) is 0. The molecular weight excluding hydrogens is 257 g/mol. The molecule has 5 heteroatoms. The zero-order valence-corrected chi connectivity index (χ0v) is 11.2. The third-order valence-electron chi connectivity index (χ3n) is 2.92. The molecule has 0 amide bonds. The summed E-state index contributed by atoms with van der Waals surface area (Å²) in [4.78, 5) is 12.6. The van der Waals surface area contributed by atoms with Crippen LogP contribution in [0.2, 0.25) is 5.02 Å². The van der Waals surface area contributed by atoms with Gasteiger partial charge in [0.05, 0.1) is 11.6 Å². The van der Waals surface area contributed by atoms with E-state index in [1.165, 1.54) is 12.1 Å². The molecule has 0 aliphatic heterocycles. The smallest absolute Gasteiger partial charge is 0.317 e. The van der Waals surface area contributed by atoms with Gasteiger partial charge in [-0.15, -0.1) is 0 Å². The first-order valence-corrected chi connectivity index (χ1v) is 6.21. The van der Waals surface area contributed by atoms with Crippen LogP contribution in [0.15, 0.2) is 18.2 Å². The Morgan fingerprint density at radius 1 is 1.56 bits per heavy atom. The Morgan fingerprint density at radius 2 is 2.22 bits per heavy atom. The van der Waals surface area contributed by atoms with Gasteiger partial charge in [0.1, 0.15) is 5.82 Å². The van der Waals surface area contributed by atoms with Crippen LogP contribution < -0.4 is 0 Å². The monoisotopic (exact) mass is 273 g/mol. The molecule has 0 radical (unpaired) electrons. The number of hydrogen-bond donors (Lipinski definition) is 1. The van der Waals surface area contributed by atoms with Crippen LogP contribution in [0.4, 0.5) is 4.39 Å². The molecule has 0 spiro atoms. The molecule has 0 aliphatic rings. The van der Waals surface area contributed by atoms with Crippen molar-refractivity contribution < 1.29 is 14.3 Å². The van der Waals surface area contributed by atoms with E-state index in [-0.39, 0.29) is 17.6 Å². The molecule has 0 fully saturated rings. The van der Waals surface area contributed by atoms with Crippen LogP contribution in [0.25, 0.3) is 0 Å². The zero-order chi connectivity index (χ0) is 13.7. The number of carboxylic acids is 1. The van der Waals surface area contributed by atoms with Gasteiger partial charge in [0, 0.05) is 12.6 Å². The number of rotatable bonds is 6. The van der Waals surface area contributed by atoms with Gasteiger partial charge < -0.3 is 5.11 Å². The van der Waals surface area contributed by atoms with Crippen LogP contribution in [0.5, 0.6) is 0 Å². The predicted molar refractivity (Wildman–Crippen MR) is 69.2 cm³/mol. The van der Waals surface area contributed by atoms with Gasteiger partial charge in [0.2, 0.25) is 0 Å². The lowest BCUT2D eigenvalue weighted by atomic mass is 10.1. The highest BCUT2D eigenvalue weighted by molar-refractivity contribution is 6.30. The first kappa shape index (κ1) is 14.9. The molecule has 18 heavy (non-hydrogen) atoms. The van der Waals surface area contributed by atoms with Crippen LogP contribution in [-0.4, -0.2) is 28.6 Å². The summed E-state index contributed by atoms with van der Waals surface area (Å²) in [6, 6.07) is 4.60. The highest BCUT2D eigenvalue weighted by Crippen LogP contribution is 2.18. The molecule has 0 saturated heterocycles. The van der Waals surface area contributed by atoms with Crippen molar-refractivity contribution in [1.82, 2.24) is 4.90 Å². The lowest BCUT2D eigenvalue weighted by Gasteiger charge is -2.26. The first-order valence-electron chi connectivity index (χ1n) is 5.83. The Hall–Kier alpha value is -1.13.